The fourth-order valence-electron chi connectivity index (χ4n) is 2.90. The average Bonchev–Trinajstić information content (AvgIpc) is 2.56. The van der Waals surface area contributed by atoms with Gasteiger partial charge in [0.05, 0.1) is 7.11 Å². The Morgan fingerprint density at radius 2 is 1.83 bits per heavy atom. The normalized spacial score (nSPS) is 14.2. The number of rotatable bonds is 7. The van der Waals surface area contributed by atoms with Crippen LogP contribution in [0.25, 0.3) is 0 Å². The molecule has 0 aromatic heterocycles. The van der Waals surface area contributed by atoms with Gasteiger partial charge >= 0.3 is 0 Å². The van der Waals surface area contributed by atoms with Gasteiger partial charge < -0.3 is 14.7 Å². The van der Waals surface area contributed by atoms with E-state index in [9.17, 15) is 5.11 Å². The van der Waals surface area contributed by atoms with Crippen LogP contribution in [-0.2, 0) is 11.7 Å². The van der Waals surface area contributed by atoms with Crippen molar-refractivity contribution in [3.8, 4) is 11.5 Å². The SMILES string of the molecule is CCC(C)(Pc1ccccc1CN(C)C)c1cccc(OC)c1O. The second kappa shape index (κ2) is 8.00. The van der Waals surface area contributed by atoms with Gasteiger partial charge in [0.1, 0.15) is 0 Å². The van der Waals surface area contributed by atoms with Gasteiger partial charge in [0.15, 0.2) is 11.5 Å². The molecule has 4 heteroatoms. The molecule has 2 rings (SSSR count). The van der Waals surface area contributed by atoms with Gasteiger partial charge in [-0.05, 0) is 37.5 Å². The Morgan fingerprint density at radius 3 is 2.46 bits per heavy atom. The molecule has 2 atom stereocenters. The number of para-hydroxylation sites is 1. The summed E-state index contributed by atoms with van der Waals surface area (Å²) in [6, 6.07) is 14.4. The Kier molecular flexibility index (Phi) is 6.26. The molecule has 0 heterocycles. The molecule has 130 valence electrons. The number of phenols is 1. The van der Waals surface area contributed by atoms with Crippen LogP contribution in [0.1, 0.15) is 31.4 Å². The van der Waals surface area contributed by atoms with Crippen molar-refractivity contribution in [1.82, 2.24) is 4.90 Å². The summed E-state index contributed by atoms with van der Waals surface area (Å²) in [5, 5.41) is 11.9. The molecule has 3 nitrogen and oxygen atoms in total. The second-order valence-electron chi connectivity index (χ2n) is 6.56. The summed E-state index contributed by atoms with van der Waals surface area (Å²) in [7, 11) is 6.35. The van der Waals surface area contributed by atoms with Gasteiger partial charge in [-0.1, -0.05) is 58.8 Å². The van der Waals surface area contributed by atoms with Gasteiger partial charge in [0, 0.05) is 17.3 Å². The molecule has 0 saturated heterocycles. The number of hydrogen-bond donors (Lipinski definition) is 1. The Labute approximate surface area is 147 Å². The molecule has 2 unspecified atom stereocenters. The van der Waals surface area contributed by atoms with Gasteiger partial charge in [-0.3, -0.25) is 0 Å². The molecule has 0 fully saturated rings. The number of phenolic OH excluding ortho intramolecular Hbond substituents is 1. The quantitative estimate of drug-likeness (QED) is 0.767. The molecule has 2 aromatic carbocycles. The lowest BCUT2D eigenvalue weighted by Crippen LogP contribution is -2.22. The molecule has 0 aliphatic heterocycles. The third-order valence-corrected chi connectivity index (χ3v) is 6.37. The summed E-state index contributed by atoms with van der Waals surface area (Å²) < 4.78 is 5.30. The van der Waals surface area contributed by atoms with Crippen molar-refractivity contribution in [3.05, 3.63) is 53.6 Å². The van der Waals surface area contributed by atoms with Crippen molar-refractivity contribution in [2.45, 2.75) is 32.0 Å². The summed E-state index contributed by atoms with van der Waals surface area (Å²) in [4.78, 5) is 2.19. The molecule has 24 heavy (non-hydrogen) atoms. The zero-order valence-corrected chi connectivity index (χ0v) is 16.3. The standard InChI is InChI=1S/C20H28NO2P/c1-6-20(2,16-11-9-12-17(23-5)19(16)22)24-18-13-8-7-10-15(18)14-21(3)4/h7-13,22,24H,6,14H2,1-5H3. The molecule has 1 N–H and O–H groups in total. The van der Waals surface area contributed by atoms with Gasteiger partial charge in [-0.15, -0.1) is 0 Å². The predicted molar refractivity (Wildman–Crippen MR) is 104 cm³/mol. The van der Waals surface area contributed by atoms with Crippen molar-refractivity contribution in [1.29, 1.82) is 0 Å². The van der Waals surface area contributed by atoms with Crippen LogP contribution in [0.4, 0.5) is 0 Å². The third-order valence-electron chi connectivity index (χ3n) is 4.43. The molecule has 0 saturated carbocycles. The van der Waals surface area contributed by atoms with Crippen LogP contribution in [0, 0.1) is 0 Å². The molecule has 0 amide bonds. The minimum atomic E-state index is -0.124. The van der Waals surface area contributed by atoms with E-state index in [1.807, 2.05) is 12.1 Å². The monoisotopic (exact) mass is 345 g/mol. The van der Waals surface area contributed by atoms with E-state index in [2.05, 4.69) is 57.1 Å². The highest BCUT2D eigenvalue weighted by Gasteiger charge is 2.30. The molecular formula is C20H28NO2P. The number of methoxy groups -OCH3 is 1. The second-order valence-corrected chi connectivity index (χ2v) is 8.45. The van der Waals surface area contributed by atoms with E-state index in [1.54, 1.807) is 13.2 Å². The van der Waals surface area contributed by atoms with Gasteiger partial charge in [0.25, 0.3) is 0 Å². The van der Waals surface area contributed by atoms with Gasteiger partial charge in [-0.25, -0.2) is 0 Å². The molecule has 0 aliphatic rings. The molecule has 0 spiro atoms. The topological polar surface area (TPSA) is 32.7 Å². The van der Waals surface area contributed by atoms with E-state index >= 15 is 0 Å². The maximum Gasteiger partial charge on any atom is 0.161 e. The zero-order valence-electron chi connectivity index (χ0n) is 15.3. The number of nitrogens with zero attached hydrogens (tertiary/aromatic N) is 1. The summed E-state index contributed by atoms with van der Waals surface area (Å²) >= 11 is 0. The van der Waals surface area contributed by atoms with Crippen molar-refractivity contribution < 1.29 is 9.84 Å². The lowest BCUT2D eigenvalue weighted by molar-refractivity contribution is 0.367. The summed E-state index contributed by atoms with van der Waals surface area (Å²) in [5.74, 6) is 0.806. The van der Waals surface area contributed by atoms with Crippen molar-refractivity contribution in [3.63, 3.8) is 0 Å². The molecule has 0 bridgehead atoms. The minimum absolute atomic E-state index is 0.124. The highest BCUT2D eigenvalue weighted by Crippen LogP contribution is 2.49. The van der Waals surface area contributed by atoms with Crippen molar-refractivity contribution in [2.24, 2.45) is 0 Å². The fourth-order valence-corrected chi connectivity index (χ4v) is 4.51. The van der Waals surface area contributed by atoms with Crippen LogP contribution >= 0.6 is 8.58 Å². The fraction of sp³-hybridized carbons (Fsp3) is 0.400. The Balaban J connectivity index is 2.42. The number of hydrogen-bond acceptors (Lipinski definition) is 3. The van der Waals surface area contributed by atoms with Crippen LogP contribution in [0.3, 0.4) is 0 Å². The first kappa shape index (κ1) is 18.8. The van der Waals surface area contributed by atoms with Crippen LogP contribution < -0.4 is 10.0 Å². The van der Waals surface area contributed by atoms with Crippen molar-refractivity contribution in [2.75, 3.05) is 21.2 Å². The minimum Gasteiger partial charge on any atom is -0.504 e. The molecule has 0 aliphatic carbocycles. The summed E-state index contributed by atoms with van der Waals surface area (Å²) in [5.41, 5.74) is 2.31. The average molecular weight is 345 g/mol. The molecule has 0 radical (unpaired) electrons. The Hall–Kier alpha value is -1.57. The number of benzene rings is 2. The first-order valence-corrected chi connectivity index (χ1v) is 9.28. The largest absolute Gasteiger partial charge is 0.504 e. The Bertz CT molecular complexity index is 687. The maximum absolute atomic E-state index is 10.6. The van der Waals surface area contributed by atoms with Gasteiger partial charge in [0.2, 0.25) is 0 Å². The summed E-state index contributed by atoms with van der Waals surface area (Å²) in [6.07, 6.45) is 0.947. The summed E-state index contributed by atoms with van der Waals surface area (Å²) in [6.45, 7) is 5.33. The molecular weight excluding hydrogens is 317 g/mol. The zero-order chi connectivity index (χ0) is 17.7. The highest BCUT2D eigenvalue weighted by atomic mass is 31.1. The smallest absolute Gasteiger partial charge is 0.161 e. The van der Waals surface area contributed by atoms with E-state index in [0.717, 1.165) is 18.5 Å². The predicted octanol–water partition coefficient (Wildman–Crippen LogP) is 4.09. The van der Waals surface area contributed by atoms with Gasteiger partial charge in [-0.2, -0.15) is 0 Å². The lowest BCUT2D eigenvalue weighted by atomic mass is 9.96. The lowest BCUT2D eigenvalue weighted by Gasteiger charge is -2.31. The van der Waals surface area contributed by atoms with E-state index in [4.69, 9.17) is 4.74 Å². The first-order valence-electron chi connectivity index (χ1n) is 8.28. The van der Waals surface area contributed by atoms with E-state index in [0.29, 0.717) is 14.3 Å². The van der Waals surface area contributed by atoms with E-state index < -0.39 is 0 Å². The van der Waals surface area contributed by atoms with E-state index in [-0.39, 0.29) is 10.9 Å². The van der Waals surface area contributed by atoms with Crippen LogP contribution in [0.15, 0.2) is 42.5 Å². The van der Waals surface area contributed by atoms with Crippen LogP contribution in [-0.4, -0.2) is 31.2 Å². The Morgan fingerprint density at radius 1 is 1.12 bits per heavy atom. The highest BCUT2D eigenvalue weighted by molar-refractivity contribution is 7.48. The first-order chi connectivity index (χ1) is 11.4. The maximum atomic E-state index is 10.6. The van der Waals surface area contributed by atoms with Crippen molar-refractivity contribution >= 4 is 13.9 Å². The van der Waals surface area contributed by atoms with Crippen LogP contribution in [0.5, 0.6) is 11.5 Å². The molecule has 2 aromatic rings. The van der Waals surface area contributed by atoms with Crippen LogP contribution in [0.2, 0.25) is 0 Å². The number of aromatic hydroxyl groups is 1. The number of ether oxygens (including phenoxy) is 1. The van der Waals surface area contributed by atoms with E-state index in [1.165, 1.54) is 10.9 Å². The third kappa shape index (κ3) is 4.09.